The number of carbonyl (C=O) groups excluding carboxylic acids is 1. The molecule has 2 rings (SSSR count). The van der Waals surface area contributed by atoms with Gasteiger partial charge in [0.25, 0.3) is 0 Å². The van der Waals surface area contributed by atoms with E-state index in [1.807, 2.05) is 42.9 Å². The third-order valence-corrected chi connectivity index (χ3v) is 4.48. The maximum absolute atomic E-state index is 11.2. The molecule has 0 aliphatic heterocycles. The third kappa shape index (κ3) is 6.81. The number of benzene rings is 1. The number of nitrogens with zero attached hydrogens (tertiary/aromatic N) is 3. The molecular formula is C20H31IN6O. The van der Waals surface area contributed by atoms with Crippen LogP contribution >= 0.6 is 24.0 Å². The summed E-state index contributed by atoms with van der Waals surface area (Å²) in [7, 11) is 3.73. The predicted molar refractivity (Wildman–Crippen MR) is 125 cm³/mol. The van der Waals surface area contributed by atoms with Crippen LogP contribution in [0.5, 0.6) is 0 Å². The first-order valence-corrected chi connectivity index (χ1v) is 9.13. The minimum absolute atomic E-state index is 0. The zero-order chi connectivity index (χ0) is 20.0. The Morgan fingerprint density at radius 1 is 1.32 bits per heavy atom. The van der Waals surface area contributed by atoms with Gasteiger partial charge in [-0.05, 0) is 50.5 Å². The van der Waals surface area contributed by atoms with Gasteiger partial charge >= 0.3 is 0 Å². The van der Waals surface area contributed by atoms with Gasteiger partial charge < -0.3 is 16.0 Å². The Morgan fingerprint density at radius 3 is 2.61 bits per heavy atom. The van der Waals surface area contributed by atoms with Crippen molar-refractivity contribution in [2.45, 2.75) is 46.7 Å². The number of aliphatic imine (C=N–C) groups is 1. The fraction of sp³-hybridized carbons (Fsp3) is 0.450. The van der Waals surface area contributed by atoms with Gasteiger partial charge in [-0.3, -0.25) is 14.5 Å². The van der Waals surface area contributed by atoms with E-state index >= 15 is 0 Å². The van der Waals surface area contributed by atoms with Crippen LogP contribution in [0.15, 0.2) is 29.3 Å². The molecule has 0 saturated carbocycles. The average Bonchev–Trinajstić information content (AvgIpc) is 2.84. The van der Waals surface area contributed by atoms with Crippen molar-refractivity contribution in [3.63, 3.8) is 0 Å². The van der Waals surface area contributed by atoms with E-state index in [1.165, 1.54) is 18.2 Å². The van der Waals surface area contributed by atoms with Gasteiger partial charge in [-0.2, -0.15) is 5.10 Å². The summed E-state index contributed by atoms with van der Waals surface area (Å²) in [5, 5.41) is 14.0. The smallest absolute Gasteiger partial charge is 0.221 e. The minimum atomic E-state index is -0.0765. The SMILES string of the molecule is CN=C(NCc1cccc(NC(C)=O)c1)NC(C)Cc1c(C)nn(C)c1C.I. The molecule has 28 heavy (non-hydrogen) atoms. The van der Waals surface area contributed by atoms with Crippen molar-refractivity contribution >= 4 is 41.5 Å². The van der Waals surface area contributed by atoms with E-state index in [0.29, 0.717) is 6.54 Å². The normalized spacial score (nSPS) is 12.1. The van der Waals surface area contributed by atoms with E-state index < -0.39 is 0 Å². The van der Waals surface area contributed by atoms with Crippen molar-refractivity contribution < 1.29 is 4.79 Å². The Labute approximate surface area is 184 Å². The summed E-state index contributed by atoms with van der Waals surface area (Å²) < 4.78 is 1.92. The summed E-state index contributed by atoms with van der Waals surface area (Å²) >= 11 is 0. The highest BCUT2D eigenvalue weighted by Crippen LogP contribution is 2.14. The number of hydrogen-bond acceptors (Lipinski definition) is 3. The summed E-state index contributed by atoms with van der Waals surface area (Å²) in [6.07, 6.45) is 0.879. The van der Waals surface area contributed by atoms with E-state index in [2.05, 4.69) is 39.9 Å². The molecule has 0 fully saturated rings. The van der Waals surface area contributed by atoms with Gasteiger partial charge in [0.2, 0.25) is 5.91 Å². The standard InChI is InChI=1S/C20H30N6O.HI/c1-13(10-19-14(2)25-26(6)15(19)3)23-20(21-5)22-12-17-8-7-9-18(11-17)24-16(4)27;/h7-9,11,13H,10,12H2,1-6H3,(H,24,27)(H2,21,22,23);1H. The molecule has 0 spiro atoms. The summed E-state index contributed by atoms with van der Waals surface area (Å²) in [4.78, 5) is 15.5. The molecule has 1 aromatic heterocycles. The molecule has 0 aliphatic carbocycles. The molecule has 1 aromatic carbocycles. The average molecular weight is 498 g/mol. The van der Waals surface area contributed by atoms with Crippen LogP contribution < -0.4 is 16.0 Å². The number of hydrogen-bond donors (Lipinski definition) is 3. The second-order valence-corrected chi connectivity index (χ2v) is 6.83. The van der Waals surface area contributed by atoms with Gasteiger partial charge in [0.15, 0.2) is 5.96 Å². The van der Waals surface area contributed by atoms with E-state index in [9.17, 15) is 4.79 Å². The molecule has 1 amide bonds. The molecule has 7 nitrogen and oxygen atoms in total. The van der Waals surface area contributed by atoms with Crippen LogP contribution in [0, 0.1) is 13.8 Å². The van der Waals surface area contributed by atoms with Crippen LogP contribution in [0.4, 0.5) is 5.69 Å². The Hall–Kier alpha value is -2.10. The van der Waals surface area contributed by atoms with E-state index in [-0.39, 0.29) is 35.9 Å². The largest absolute Gasteiger partial charge is 0.354 e. The first kappa shape index (κ1) is 23.9. The Bertz CT molecular complexity index is 830. The molecule has 0 aliphatic rings. The maximum atomic E-state index is 11.2. The molecule has 0 bridgehead atoms. The van der Waals surface area contributed by atoms with Gasteiger partial charge in [-0.1, -0.05) is 12.1 Å². The van der Waals surface area contributed by atoms with Gasteiger partial charge in [0, 0.05) is 45.0 Å². The number of carbonyl (C=O) groups is 1. The number of halogens is 1. The zero-order valence-electron chi connectivity index (χ0n) is 17.5. The van der Waals surface area contributed by atoms with Crippen LogP contribution in [0.1, 0.15) is 36.4 Å². The monoisotopic (exact) mass is 498 g/mol. The molecule has 0 radical (unpaired) electrons. The van der Waals surface area contributed by atoms with Crippen molar-refractivity contribution in [3.8, 4) is 0 Å². The van der Waals surface area contributed by atoms with Crippen LogP contribution in [-0.4, -0.2) is 34.7 Å². The summed E-state index contributed by atoms with van der Waals surface area (Å²) in [5.74, 6) is 0.666. The lowest BCUT2D eigenvalue weighted by Crippen LogP contribution is -2.42. The van der Waals surface area contributed by atoms with Crippen molar-refractivity contribution in [1.29, 1.82) is 0 Å². The number of aryl methyl sites for hydroxylation is 2. The first-order chi connectivity index (χ1) is 12.8. The summed E-state index contributed by atoms with van der Waals surface area (Å²) in [6, 6.07) is 7.97. The van der Waals surface area contributed by atoms with Gasteiger partial charge in [0.1, 0.15) is 0 Å². The van der Waals surface area contributed by atoms with Gasteiger partial charge in [-0.25, -0.2) is 0 Å². The highest BCUT2D eigenvalue weighted by molar-refractivity contribution is 14.0. The molecule has 1 heterocycles. The number of aromatic nitrogens is 2. The van der Waals surface area contributed by atoms with Gasteiger partial charge in [0.05, 0.1) is 5.69 Å². The molecule has 8 heteroatoms. The number of amides is 1. The van der Waals surface area contributed by atoms with Crippen molar-refractivity contribution in [3.05, 3.63) is 46.8 Å². The Kier molecular flexibility index (Phi) is 9.44. The molecule has 0 saturated heterocycles. The minimum Gasteiger partial charge on any atom is -0.354 e. The fourth-order valence-electron chi connectivity index (χ4n) is 3.05. The topological polar surface area (TPSA) is 83.3 Å². The first-order valence-electron chi connectivity index (χ1n) is 9.13. The highest BCUT2D eigenvalue weighted by atomic mass is 127. The predicted octanol–water partition coefficient (Wildman–Crippen LogP) is 2.91. The van der Waals surface area contributed by atoms with E-state index in [1.54, 1.807) is 7.05 Å². The number of nitrogens with one attached hydrogen (secondary N) is 3. The fourth-order valence-corrected chi connectivity index (χ4v) is 3.05. The van der Waals surface area contributed by atoms with Crippen molar-refractivity contribution in [2.75, 3.05) is 12.4 Å². The van der Waals surface area contributed by atoms with Crippen molar-refractivity contribution in [2.24, 2.45) is 12.0 Å². The Morgan fingerprint density at radius 2 is 2.04 bits per heavy atom. The van der Waals surface area contributed by atoms with E-state index in [0.717, 1.165) is 29.3 Å². The van der Waals surface area contributed by atoms with Crippen LogP contribution in [0.3, 0.4) is 0 Å². The highest BCUT2D eigenvalue weighted by Gasteiger charge is 2.14. The quantitative estimate of drug-likeness (QED) is 0.325. The second kappa shape index (κ2) is 11.0. The molecule has 154 valence electrons. The lowest BCUT2D eigenvalue weighted by Gasteiger charge is -2.18. The van der Waals surface area contributed by atoms with E-state index in [4.69, 9.17) is 0 Å². The summed E-state index contributed by atoms with van der Waals surface area (Å²) in [6.45, 7) is 8.39. The number of guanidine groups is 1. The molecule has 2 aromatic rings. The Balaban J connectivity index is 0.00000392. The molecular weight excluding hydrogens is 467 g/mol. The van der Waals surface area contributed by atoms with Crippen molar-refractivity contribution in [1.82, 2.24) is 20.4 Å². The van der Waals surface area contributed by atoms with Crippen LogP contribution in [-0.2, 0) is 24.8 Å². The van der Waals surface area contributed by atoms with Gasteiger partial charge in [-0.15, -0.1) is 24.0 Å². The van der Waals surface area contributed by atoms with Crippen LogP contribution in [0.25, 0.3) is 0 Å². The maximum Gasteiger partial charge on any atom is 0.221 e. The second-order valence-electron chi connectivity index (χ2n) is 6.83. The molecule has 1 unspecified atom stereocenters. The number of anilines is 1. The molecule has 1 atom stereocenters. The lowest BCUT2D eigenvalue weighted by atomic mass is 10.1. The lowest BCUT2D eigenvalue weighted by molar-refractivity contribution is -0.114. The van der Waals surface area contributed by atoms with Crippen LogP contribution in [0.2, 0.25) is 0 Å². The zero-order valence-corrected chi connectivity index (χ0v) is 19.8. The molecule has 3 N–H and O–H groups in total. The summed E-state index contributed by atoms with van der Waals surface area (Å²) in [5.41, 5.74) is 5.40. The third-order valence-electron chi connectivity index (χ3n) is 4.48. The number of rotatable bonds is 6.